The summed E-state index contributed by atoms with van der Waals surface area (Å²) in [5, 5.41) is 2.89. The second-order valence-corrected chi connectivity index (χ2v) is 6.78. The Morgan fingerprint density at radius 1 is 1.10 bits per heavy atom. The first-order valence-corrected chi connectivity index (χ1v) is 7.48. The molecule has 0 aromatic carbocycles. The molecular formula is C14H17BN2O2S. The van der Waals surface area contributed by atoms with Crippen molar-refractivity contribution in [2.24, 2.45) is 0 Å². The summed E-state index contributed by atoms with van der Waals surface area (Å²) in [6.45, 7) is 8.21. The predicted octanol–water partition coefficient (Wildman–Crippen LogP) is 2.50. The number of nitrogens with zero attached hydrogens (tertiary/aromatic N) is 2. The van der Waals surface area contributed by atoms with Crippen LogP contribution in [0, 0.1) is 0 Å². The molecule has 6 heteroatoms. The van der Waals surface area contributed by atoms with E-state index in [0.717, 1.165) is 16.0 Å². The third kappa shape index (κ3) is 2.18. The first kappa shape index (κ1) is 13.7. The summed E-state index contributed by atoms with van der Waals surface area (Å²) in [4.78, 5) is 8.56. The van der Waals surface area contributed by atoms with Crippen LogP contribution in [0.3, 0.4) is 0 Å². The van der Waals surface area contributed by atoms with Crippen molar-refractivity contribution in [2.45, 2.75) is 38.9 Å². The molecule has 2 aromatic rings. The molecule has 0 aliphatic carbocycles. The van der Waals surface area contributed by atoms with Gasteiger partial charge in [0.2, 0.25) is 0 Å². The topological polar surface area (TPSA) is 44.2 Å². The molecule has 0 atom stereocenters. The van der Waals surface area contributed by atoms with E-state index >= 15 is 0 Å². The van der Waals surface area contributed by atoms with Crippen LogP contribution in [0.4, 0.5) is 0 Å². The van der Waals surface area contributed by atoms with E-state index in [2.05, 4.69) is 37.7 Å². The second-order valence-electron chi connectivity index (χ2n) is 5.89. The van der Waals surface area contributed by atoms with Crippen LogP contribution < -0.4 is 5.46 Å². The van der Waals surface area contributed by atoms with Gasteiger partial charge in [-0.05, 0) is 39.2 Å². The quantitative estimate of drug-likeness (QED) is 0.796. The van der Waals surface area contributed by atoms with Crippen LogP contribution >= 0.6 is 11.3 Å². The standard InChI is InChI=1S/C14H17BN2O2S/c1-13(2)14(3,4)19-15(18-13)11-5-6-16-9-10(11)12-17-7-8-20-12/h5-9H,1-4H3. The Bertz CT molecular complexity index is 597. The van der Waals surface area contributed by atoms with E-state index in [1.54, 1.807) is 23.7 Å². The average molecular weight is 288 g/mol. The Balaban J connectivity index is 2.01. The van der Waals surface area contributed by atoms with E-state index < -0.39 is 0 Å². The van der Waals surface area contributed by atoms with Crippen LogP contribution in [0.25, 0.3) is 10.6 Å². The maximum atomic E-state index is 6.12. The minimum Gasteiger partial charge on any atom is -0.399 e. The molecule has 0 saturated carbocycles. The Labute approximate surface area is 123 Å². The molecule has 1 saturated heterocycles. The van der Waals surface area contributed by atoms with Crippen LogP contribution in [0.2, 0.25) is 0 Å². The van der Waals surface area contributed by atoms with Crippen molar-refractivity contribution >= 4 is 23.9 Å². The predicted molar refractivity (Wildman–Crippen MR) is 81.1 cm³/mol. The van der Waals surface area contributed by atoms with Gasteiger partial charge in [-0.2, -0.15) is 0 Å². The molecule has 0 unspecified atom stereocenters. The van der Waals surface area contributed by atoms with E-state index in [4.69, 9.17) is 9.31 Å². The van der Waals surface area contributed by atoms with Gasteiger partial charge in [0, 0.05) is 29.5 Å². The molecule has 3 heterocycles. The number of hydrogen-bond donors (Lipinski definition) is 0. The zero-order chi connectivity index (χ0) is 14.4. The summed E-state index contributed by atoms with van der Waals surface area (Å²) in [6.07, 6.45) is 5.37. The Kier molecular flexibility index (Phi) is 3.19. The van der Waals surface area contributed by atoms with Gasteiger partial charge in [0.05, 0.1) is 11.2 Å². The zero-order valence-electron chi connectivity index (χ0n) is 12.1. The first-order valence-electron chi connectivity index (χ1n) is 6.60. The van der Waals surface area contributed by atoms with Gasteiger partial charge in [-0.15, -0.1) is 11.3 Å². The molecule has 20 heavy (non-hydrogen) atoms. The monoisotopic (exact) mass is 288 g/mol. The molecule has 1 aliphatic rings. The molecule has 0 spiro atoms. The minimum absolute atomic E-state index is 0.346. The van der Waals surface area contributed by atoms with Crippen molar-refractivity contribution in [1.29, 1.82) is 0 Å². The largest absolute Gasteiger partial charge is 0.495 e. The second kappa shape index (κ2) is 4.65. The maximum Gasteiger partial charge on any atom is 0.495 e. The van der Waals surface area contributed by atoms with E-state index in [9.17, 15) is 0 Å². The van der Waals surface area contributed by atoms with E-state index in [-0.39, 0.29) is 18.3 Å². The number of pyridine rings is 1. The smallest absolute Gasteiger partial charge is 0.399 e. The molecular weight excluding hydrogens is 271 g/mol. The summed E-state index contributed by atoms with van der Waals surface area (Å²) < 4.78 is 12.2. The van der Waals surface area contributed by atoms with Crippen LogP contribution in [0.15, 0.2) is 30.0 Å². The highest BCUT2D eigenvalue weighted by Gasteiger charge is 2.52. The number of thiazole rings is 1. The highest BCUT2D eigenvalue weighted by Crippen LogP contribution is 2.37. The molecule has 1 aliphatic heterocycles. The minimum atomic E-state index is -0.387. The van der Waals surface area contributed by atoms with Crippen molar-refractivity contribution in [3.05, 3.63) is 30.0 Å². The lowest BCUT2D eigenvalue weighted by atomic mass is 9.77. The molecule has 0 N–H and O–H groups in total. The SMILES string of the molecule is CC1(C)OB(c2ccncc2-c2nccs2)OC1(C)C. The summed E-state index contributed by atoms with van der Waals surface area (Å²) in [5.41, 5.74) is 1.26. The molecule has 1 fully saturated rings. The van der Waals surface area contributed by atoms with Crippen LogP contribution in [0.5, 0.6) is 0 Å². The van der Waals surface area contributed by atoms with Gasteiger partial charge in [0.15, 0.2) is 0 Å². The molecule has 0 radical (unpaired) electrons. The van der Waals surface area contributed by atoms with Gasteiger partial charge < -0.3 is 9.31 Å². The van der Waals surface area contributed by atoms with Gasteiger partial charge in [-0.3, -0.25) is 4.98 Å². The van der Waals surface area contributed by atoms with Crippen molar-refractivity contribution in [2.75, 3.05) is 0 Å². The van der Waals surface area contributed by atoms with Crippen LogP contribution in [-0.2, 0) is 9.31 Å². The third-order valence-electron chi connectivity index (χ3n) is 4.02. The first-order chi connectivity index (χ1) is 9.41. The fraction of sp³-hybridized carbons (Fsp3) is 0.429. The molecule has 3 rings (SSSR count). The van der Waals surface area contributed by atoms with Crippen LogP contribution in [0.1, 0.15) is 27.7 Å². The summed E-state index contributed by atoms with van der Waals surface area (Å²) in [6, 6.07) is 1.94. The lowest BCUT2D eigenvalue weighted by Crippen LogP contribution is -2.41. The maximum absolute atomic E-state index is 6.12. The fourth-order valence-corrected chi connectivity index (χ4v) is 2.79. The zero-order valence-corrected chi connectivity index (χ0v) is 12.9. The van der Waals surface area contributed by atoms with E-state index in [0.29, 0.717) is 0 Å². The van der Waals surface area contributed by atoms with Crippen molar-refractivity contribution in [1.82, 2.24) is 9.97 Å². The summed E-state index contributed by atoms with van der Waals surface area (Å²) in [7, 11) is -0.387. The summed E-state index contributed by atoms with van der Waals surface area (Å²) >= 11 is 1.59. The van der Waals surface area contributed by atoms with Gasteiger partial charge in [0.25, 0.3) is 0 Å². The Morgan fingerprint density at radius 3 is 2.40 bits per heavy atom. The van der Waals surface area contributed by atoms with Gasteiger partial charge in [0.1, 0.15) is 5.01 Å². The van der Waals surface area contributed by atoms with Crippen molar-refractivity contribution in [3.63, 3.8) is 0 Å². The molecule has 0 bridgehead atoms. The number of aromatic nitrogens is 2. The Morgan fingerprint density at radius 2 is 1.80 bits per heavy atom. The van der Waals surface area contributed by atoms with Crippen molar-refractivity contribution in [3.8, 4) is 10.6 Å². The van der Waals surface area contributed by atoms with Crippen molar-refractivity contribution < 1.29 is 9.31 Å². The van der Waals surface area contributed by atoms with Gasteiger partial charge >= 0.3 is 7.12 Å². The average Bonchev–Trinajstić information content (AvgIpc) is 2.97. The Hall–Kier alpha value is -1.24. The van der Waals surface area contributed by atoms with E-state index in [1.807, 2.05) is 17.6 Å². The number of hydrogen-bond acceptors (Lipinski definition) is 5. The van der Waals surface area contributed by atoms with Gasteiger partial charge in [-0.25, -0.2) is 4.98 Å². The molecule has 2 aromatic heterocycles. The number of rotatable bonds is 2. The van der Waals surface area contributed by atoms with Gasteiger partial charge in [-0.1, -0.05) is 0 Å². The highest BCUT2D eigenvalue weighted by atomic mass is 32.1. The lowest BCUT2D eigenvalue weighted by Gasteiger charge is -2.32. The lowest BCUT2D eigenvalue weighted by molar-refractivity contribution is 0.00578. The fourth-order valence-electron chi connectivity index (χ4n) is 2.12. The molecule has 104 valence electrons. The third-order valence-corrected chi connectivity index (χ3v) is 4.83. The molecule has 0 amide bonds. The normalized spacial score (nSPS) is 20.3. The summed E-state index contributed by atoms with van der Waals surface area (Å²) in [5.74, 6) is 0. The molecule has 4 nitrogen and oxygen atoms in total. The van der Waals surface area contributed by atoms with Crippen LogP contribution in [-0.4, -0.2) is 28.3 Å². The van der Waals surface area contributed by atoms with E-state index in [1.165, 1.54) is 0 Å². The highest BCUT2D eigenvalue weighted by molar-refractivity contribution is 7.13.